The third-order valence-corrected chi connectivity index (χ3v) is 3.66. The van der Waals surface area contributed by atoms with Crippen molar-refractivity contribution in [2.75, 3.05) is 0 Å². The molecule has 1 aromatic rings. The normalized spacial score (nSPS) is 22.9. The number of nitrogens with zero attached hydrogens (tertiary/aromatic N) is 2. The Kier molecular flexibility index (Phi) is 4.65. The molecule has 2 unspecified atom stereocenters. The first kappa shape index (κ1) is 14.4. The number of carbonyl (C=O) groups is 2. The summed E-state index contributed by atoms with van der Waals surface area (Å²) in [6, 6.07) is -0.328. The Bertz CT molecular complexity index is 487. The van der Waals surface area contributed by atoms with E-state index in [9.17, 15) is 14.7 Å². The molecule has 1 aromatic heterocycles. The maximum atomic E-state index is 12.1. The summed E-state index contributed by atoms with van der Waals surface area (Å²) in [5.74, 6) is -1.71. The summed E-state index contributed by atoms with van der Waals surface area (Å²) < 4.78 is 0. The molecule has 1 aliphatic rings. The van der Waals surface area contributed by atoms with Crippen molar-refractivity contribution in [1.29, 1.82) is 0 Å². The van der Waals surface area contributed by atoms with E-state index in [0.29, 0.717) is 12.8 Å². The largest absolute Gasteiger partial charge is 0.481 e. The van der Waals surface area contributed by atoms with Gasteiger partial charge in [0.2, 0.25) is 0 Å². The highest BCUT2D eigenvalue weighted by molar-refractivity contribution is 5.92. The van der Waals surface area contributed by atoms with Crippen molar-refractivity contribution in [3.05, 3.63) is 23.8 Å². The molecule has 0 aromatic carbocycles. The molecule has 20 heavy (non-hydrogen) atoms. The standard InChI is InChI=1S/C14H19N3O3/c1-9-7-16-12(8-15-9)13(18)17-11-6-4-2-3-5-10(11)14(19)20/h7-8,10-11H,2-6H2,1H3,(H,17,18)(H,19,20). The van der Waals surface area contributed by atoms with Gasteiger partial charge in [-0.25, -0.2) is 4.98 Å². The van der Waals surface area contributed by atoms with Crippen LogP contribution in [0.25, 0.3) is 0 Å². The van der Waals surface area contributed by atoms with Gasteiger partial charge in [-0.2, -0.15) is 0 Å². The van der Waals surface area contributed by atoms with Crippen LogP contribution < -0.4 is 5.32 Å². The van der Waals surface area contributed by atoms with Crippen molar-refractivity contribution in [3.63, 3.8) is 0 Å². The maximum Gasteiger partial charge on any atom is 0.308 e. The fourth-order valence-corrected chi connectivity index (χ4v) is 2.53. The number of aryl methyl sites for hydroxylation is 1. The van der Waals surface area contributed by atoms with Crippen LogP contribution in [0.5, 0.6) is 0 Å². The summed E-state index contributed by atoms with van der Waals surface area (Å²) in [6.07, 6.45) is 7.10. The van der Waals surface area contributed by atoms with Gasteiger partial charge < -0.3 is 10.4 Å². The van der Waals surface area contributed by atoms with Gasteiger partial charge in [-0.15, -0.1) is 0 Å². The molecule has 0 saturated heterocycles. The highest BCUT2D eigenvalue weighted by Crippen LogP contribution is 2.24. The van der Waals surface area contributed by atoms with Gasteiger partial charge in [0.1, 0.15) is 5.69 Å². The number of aliphatic carboxylic acids is 1. The van der Waals surface area contributed by atoms with Crippen LogP contribution in [0.4, 0.5) is 0 Å². The topological polar surface area (TPSA) is 92.2 Å². The first-order chi connectivity index (χ1) is 9.58. The summed E-state index contributed by atoms with van der Waals surface area (Å²) in [4.78, 5) is 31.4. The first-order valence-corrected chi connectivity index (χ1v) is 6.90. The summed E-state index contributed by atoms with van der Waals surface area (Å²) >= 11 is 0. The number of carboxylic acids is 1. The summed E-state index contributed by atoms with van der Waals surface area (Å²) in [5, 5.41) is 12.1. The van der Waals surface area contributed by atoms with E-state index >= 15 is 0 Å². The smallest absolute Gasteiger partial charge is 0.308 e. The van der Waals surface area contributed by atoms with E-state index < -0.39 is 11.9 Å². The monoisotopic (exact) mass is 277 g/mol. The van der Waals surface area contributed by atoms with E-state index in [1.54, 1.807) is 6.92 Å². The molecule has 2 N–H and O–H groups in total. The van der Waals surface area contributed by atoms with Crippen molar-refractivity contribution < 1.29 is 14.7 Å². The zero-order valence-electron chi connectivity index (χ0n) is 11.5. The van der Waals surface area contributed by atoms with Crippen LogP contribution in [-0.4, -0.2) is 33.0 Å². The van der Waals surface area contributed by atoms with E-state index in [1.165, 1.54) is 12.4 Å². The summed E-state index contributed by atoms with van der Waals surface area (Å²) in [6.45, 7) is 1.79. The second kappa shape index (κ2) is 6.45. The SMILES string of the molecule is Cc1cnc(C(=O)NC2CCCCCC2C(=O)O)cn1. The van der Waals surface area contributed by atoms with Gasteiger partial charge in [0, 0.05) is 12.2 Å². The third kappa shape index (κ3) is 3.53. The Hall–Kier alpha value is -1.98. The van der Waals surface area contributed by atoms with Crippen LogP contribution in [0.1, 0.15) is 48.3 Å². The minimum atomic E-state index is -0.841. The lowest BCUT2D eigenvalue weighted by atomic mass is 9.95. The molecule has 1 heterocycles. The number of carbonyl (C=O) groups excluding carboxylic acids is 1. The molecule has 2 atom stereocenters. The Morgan fingerprint density at radius 3 is 2.60 bits per heavy atom. The van der Waals surface area contributed by atoms with Crippen LogP contribution in [0.15, 0.2) is 12.4 Å². The Morgan fingerprint density at radius 2 is 1.95 bits per heavy atom. The molecule has 1 amide bonds. The predicted octanol–water partition coefficient (Wildman–Crippen LogP) is 1.55. The lowest BCUT2D eigenvalue weighted by Crippen LogP contribution is -2.43. The number of hydrogen-bond acceptors (Lipinski definition) is 4. The highest BCUT2D eigenvalue weighted by atomic mass is 16.4. The molecule has 2 rings (SSSR count). The Labute approximate surface area is 117 Å². The van der Waals surface area contributed by atoms with Gasteiger partial charge >= 0.3 is 5.97 Å². The molecular weight excluding hydrogens is 258 g/mol. The number of aromatic nitrogens is 2. The Morgan fingerprint density at radius 1 is 1.20 bits per heavy atom. The van der Waals surface area contributed by atoms with Gasteiger partial charge in [0.15, 0.2) is 0 Å². The number of nitrogens with one attached hydrogen (secondary N) is 1. The van der Waals surface area contributed by atoms with E-state index in [2.05, 4.69) is 15.3 Å². The van der Waals surface area contributed by atoms with Gasteiger partial charge in [0.05, 0.1) is 17.8 Å². The lowest BCUT2D eigenvalue weighted by Gasteiger charge is -2.22. The zero-order chi connectivity index (χ0) is 14.5. The van der Waals surface area contributed by atoms with Gasteiger partial charge in [-0.3, -0.25) is 14.6 Å². The number of hydrogen-bond donors (Lipinski definition) is 2. The molecule has 0 spiro atoms. The van der Waals surface area contributed by atoms with Gasteiger partial charge in [-0.05, 0) is 19.8 Å². The minimum Gasteiger partial charge on any atom is -0.481 e. The fourth-order valence-electron chi connectivity index (χ4n) is 2.53. The van der Waals surface area contributed by atoms with E-state index in [1.807, 2.05) is 0 Å². The summed E-state index contributed by atoms with van der Waals surface area (Å²) in [7, 11) is 0. The molecule has 6 nitrogen and oxygen atoms in total. The number of amides is 1. The van der Waals surface area contributed by atoms with Crippen LogP contribution in [0.3, 0.4) is 0 Å². The third-order valence-electron chi connectivity index (χ3n) is 3.66. The van der Waals surface area contributed by atoms with E-state index in [-0.39, 0.29) is 17.6 Å². The van der Waals surface area contributed by atoms with Crippen molar-refractivity contribution in [2.45, 2.75) is 45.1 Å². The van der Waals surface area contributed by atoms with Crippen LogP contribution in [0.2, 0.25) is 0 Å². The second-order valence-corrected chi connectivity index (χ2v) is 5.21. The molecule has 0 radical (unpaired) electrons. The molecule has 0 bridgehead atoms. The first-order valence-electron chi connectivity index (χ1n) is 6.90. The van der Waals surface area contributed by atoms with Crippen molar-refractivity contribution >= 4 is 11.9 Å². The average Bonchev–Trinajstić information content (AvgIpc) is 2.65. The van der Waals surface area contributed by atoms with Crippen LogP contribution in [-0.2, 0) is 4.79 Å². The van der Waals surface area contributed by atoms with Crippen molar-refractivity contribution in [1.82, 2.24) is 15.3 Å². The summed E-state index contributed by atoms with van der Waals surface area (Å²) in [5.41, 5.74) is 0.961. The zero-order valence-corrected chi connectivity index (χ0v) is 11.5. The Balaban J connectivity index is 2.07. The highest BCUT2D eigenvalue weighted by Gasteiger charge is 2.31. The predicted molar refractivity (Wildman–Crippen MR) is 72.2 cm³/mol. The van der Waals surface area contributed by atoms with Crippen LogP contribution >= 0.6 is 0 Å². The molecular formula is C14H19N3O3. The molecule has 1 aliphatic carbocycles. The van der Waals surface area contributed by atoms with Gasteiger partial charge in [-0.1, -0.05) is 19.3 Å². The minimum absolute atomic E-state index is 0.226. The maximum absolute atomic E-state index is 12.1. The average molecular weight is 277 g/mol. The molecule has 0 aliphatic heterocycles. The van der Waals surface area contributed by atoms with Gasteiger partial charge in [0.25, 0.3) is 5.91 Å². The fraction of sp³-hybridized carbons (Fsp3) is 0.571. The molecule has 6 heteroatoms. The van der Waals surface area contributed by atoms with E-state index in [4.69, 9.17) is 0 Å². The number of carboxylic acid groups (broad SMARTS) is 1. The number of rotatable bonds is 3. The second-order valence-electron chi connectivity index (χ2n) is 5.21. The van der Waals surface area contributed by atoms with Crippen molar-refractivity contribution in [3.8, 4) is 0 Å². The molecule has 108 valence electrons. The lowest BCUT2D eigenvalue weighted by molar-refractivity contribution is -0.142. The molecule has 1 fully saturated rings. The van der Waals surface area contributed by atoms with Crippen molar-refractivity contribution in [2.24, 2.45) is 5.92 Å². The quantitative estimate of drug-likeness (QED) is 0.818. The van der Waals surface area contributed by atoms with Crippen LogP contribution in [0, 0.1) is 12.8 Å². The molecule has 1 saturated carbocycles. The van der Waals surface area contributed by atoms with E-state index in [0.717, 1.165) is 25.0 Å².